The van der Waals surface area contributed by atoms with Crippen LogP contribution >= 0.6 is 23.2 Å². The fraction of sp³-hybridized carbons (Fsp3) is 0.333. The van der Waals surface area contributed by atoms with Crippen molar-refractivity contribution >= 4 is 50.7 Å². The van der Waals surface area contributed by atoms with Gasteiger partial charge in [0.2, 0.25) is 21.8 Å². The van der Waals surface area contributed by atoms with Crippen LogP contribution in [0.4, 0.5) is 10.1 Å². The molecule has 1 aliphatic rings. The van der Waals surface area contributed by atoms with Crippen molar-refractivity contribution in [3.8, 4) is 0 Å². The summed E-state index contributed by atoms with van der Waals surface area (Å²) >= 11 is 13.0. The van der Waals surface area contributed by atoms with Gasteiger partial charge in [-0.15, -0.1) is 0 Å². The summed E-state index contributed by atoms with van der Waals surface area (Å²) in [5.74, 6) is -1.53. The zero-order chi connectivity index (χ0) is 29.6. The molecule has 3 aromatic carbocycles. The molecule has 0 unspecified atom stereocenters. The molecular formula is C30H32Cl2FN3O4S. The van der Waals surface area contributed by atoms with Crippen molar-refractivity contribution in [1.82, 2.24) is 10.2 Å². The van der Waals surface area contributed by atoms with E-state index in [0.29, 0.717) is 15.6 Å². The maximum atomic E-state index is 14.1. The van der Waals surface area contributed by atoms with E-state index in [2.05, 4.69) is 5.32 Å². The third-order valence-electron chi connectivity index (χ3n) is 7.16. The molecule has 1 saturated carbocycles. The van der Waals surface area contributed by atoms with Gasteiger partial charge in [0.1, 0.15) is 18.4 Å². The molecule has 41 heavy (non-hydrogen) atoms. The van der Waals surface area contributed by atoms with E-state index in [1.165, 1.54) is 17.0 Å². The van der Waals surface area contributed by atoms with Crippen molar-refractivity contribution in [2.45, 2.75) is 50.7 Å². The molecule has 1 fully saturated rings. The van der Waals surface area contributed by atoms with Crippen LogP contribution in [0, 0.1) is 5.82 Å². The van der Waals surface area contributed by atoms with Gasteiger partial charge in [0, 0.05) is 34.6 Å². The van der Waals surface area contributed by atoms with E-state index in [1.54, 1.807) is 18.2 Å². The van der Waals surface area contributed by atoms with Gasteiger partial charge in [-0.2, -0.15) is 0 Å². The Morgan fingerprint density at radius 1 is 0.951 bits per heavy atom. The molecule has 11 heteroatoms. The monoisotopic (exact) mass is 619 g/mol. The molecule has 218 valence electrons. The van der Waals surface area contributed by atoms with Crippen molar-refractivity contribution < 1.29 is 22.4 Å². The molecule has 0 aliphatic heterocycles. The number of hydrogen-bond acceptors (Lipinski definition) is 4. The minimum atomic E-state index is -3.96. The largest absolute Gasteiger partial charge is 0.352 e. The molecule has 1 atom stereocenters. The molecule has 1 aliphatic carbocycles. The van der Waals surface area contributed by atoms with Crippen LogP contribution < -0.4 is 9.62 Å². The predicted molar refractivity (Wildman–Crippen MR) is 160 cm³/mol. The van der Waals surface area contributed by atoms with Crippen LogP contribution in [-0.2, 0) is 32.6 Å². The van der Waals surface area contributed by atoms with E-state index in [1.807, 2.05) is 30.3 Å². The topological polar surface area (TPSA) is 86.8 Å². The number of halogens is 3. The molecule has 4 rings (SSSR count). The van der Waals surface area contributed by atoms with Gasteiger partial charge < -0.3 is 10.2 Å². The number of nitrogens with zero attached hydrogens (tertiary/aromatic N) is 2. The van der Waals surface area contributed by atoms with Crippen LogP contribution in [0.1, 0.15) is 36.8 Å². The summed E-state index contributed by atoms with van der Waals surface area (Å²) < 4.78 is 40.1. The second-order valence-corrected chi connectivity index (χ2v) is 12.9. The van der Waals surface area contributed by atoms with Gasteiger partial charge in [-0.3, -0.25) is 13.9 Å². The van der Waals surface area contributed by atoms with Gasteiger partial charge in [-0.25, -0.2) is 12.8 Å². The number of carbonyl (C=O) groups is 2. The highest BCUT2D eigenvalue weighted by atomic mass is 35.5. The Kier molecular flexibility index (Phi) is 10.3. The van der Waals surface area contributed by atoms with Crippen LogP contribution in [0.2, 0.25) is 10.0 Å². The van der Waals surface area contributed by atoms with E-state index in [-0.39, 0.29) is 30.6 Å². The van der Waals surface area contributed by atoms with Gasteiger partial charge >= 0.3 is 0 Å². The van der Waals surface area contributed by atoms with Crippen LogP contribution in [0.3, 0.4) is 0 Å². The molecule has 2 amide bonds. The second kappa shape index (κ2) is 13.7. The van der Waals surface area contributed by atoms with Crippen molar-refractivity contribution in [2.75, 3.05) is 17.1 Å². The van der Waals surface area contributed by atoms with Crippen molar-refractivity contribution in [3.63, 3.8) is 0 Å². The summed E-state index contributed by atoms with van der Waals surface area (Å²) in [6.07, 6.45) is 4.86. The van der Waals surface area contributed by atoms with Gasteiger partial charge in [-0.05, 0) is 54.8 Å². The lowest BCUT2D eigenvalue weighted by atomic mass is 10.0. The summed E-state index contributed by atoms with van der Waals surface area (Å²) in [7, 11) is -3.96. The van der Waals surface area contributed by atoms with Crippen molar-refractivity contribution in [3.05, 3.63) is 99.8 Å². The van der Waals surface area contributed by atoms with Crippen LogP contribution in [-0.4, -0.2) is 50.0 Å². The predicted octanol–water partition coefficient (Wildman–Crippen LogP) is 5.60. The Balaban J connectivity index is 1.75. The number of carbonyl (C=O) groups excluding carboxylic acids is 2. The molecular weight excluding hydrogens is 588 g/mol. The maximum absolute atomic E-state index is 14.1. The zero-order valence-corrected chi connectivity index (χ0v) is 24.9. The third kappa shape index (κ3) is 8.21. The molecule has 0 spiro atoms. The first-order chi connectivity index (χ1) is 19.5. The Morgan fingerprint density at radius 2 is 1.56 bits per heavy atom. The lowest BCUT2D eigenvalue weighted by Gasteiger charge is -2.34. The van der Waals surface area contributed by atoms with Crippen LogP contribution in [0.5, 0.6) is 0 Å². The van der Waals surface area contributed by atoms with Gasteiger partial charge in [0.25, 0.3) is 0 Å². The van der Waals surface area contributed by atoms with Crippen LogP contribution in [0.15, 0.2) is 72.8 Å². The number of nitrogens with one attached hydrogen (secondary N) is 1. The molecule has 0 aromatic heterocycles. The average Bonchev–Trinajstić information content (AvgIpc) is 3.44. The average molecular weight is 621 g/mol. The summed E-state index contributed by atoms with van der Waals surface area (Å²) in [5.41, 5.74) is 1.37. The van der Waals surface area contributed by atoms with Crippen molar-refractivity contribution in [1.29, 1.82) is 0 Å². The fourth-order valence-corrected chi connectivity index (χ4v) is 6.36. The van der Waals surface area contributed by atoms with E-state index in [4.69, 9.17) is 23.2 Å². The standard InChI is InChI=1S/C30H32Cl2FN3O4S/c1-41(39,40)36(24-16-14-22(33)15-17-24)20-29(37)35(19-25-26(31)12-7-13-27(25)32)28(18-21-8-3-2-4-9-21)30(38)34-23-10-5-6-11-23/h2-4,7-9,12-17,23,28H,5-6,10-11,18-20H2,1H3,(H,34,38)/t28-/m1/s1. The molecule has 1 N–H and O–H groups in total. The molecule has 0 bridgehead atoms. The summed E-state index contributed by atoms with van der Waals surface area (Å²) in [4.78, 5) is 29.3. The number of anilines is 1. The minimum absolute atomic E-state index is 0.00615. The summed E-state index contributed by atoms with van der Waals surface area (Å²) in [6, 6.07) is 18.0. The lowest BCUT2D eigenvalue weighted by molar-refractivity contribution is -0.140. The number of sulfonamides is 1. The first kappa shape index (κ1) is 30.8. The summed E-state index contributed by atoms with van der Waals surface area (Å²) in [5, 5.41) is 3.72. The fourth-order valence-electron chi connectivity index (χ4n) is 5.00. The quantitative estimate of drug-likeness (QED) is 0.303. The van der Waals surface area contributed by atoms with Crippen molar-refractivity contribution in [2.24, 2.45) is 0 Å². The highest BCUT2D eigenvalue weighted by Gasteiger charge is 2.35. The van der Waals surface area contributed by atoms with E-state index in [9.17, 15) is 22.4 Å². The highest BCUT2D eigenvalue weighted by Crippen LogP contribution is 2.28. The zero-order valence-electron chi connectivity index (χ0n) is 22.6. The Bertz CT molecular complexity index is 1450. The van der Waals surface area contributed by atoms with E-state index >= 15 is 0 Å². The highest BCUT2D eigenvalue weighted by molar-refractivity contribution is 7.92. The molecule has 0 radical (unpaired) electrons. The summed E-state index contributed by atoms with van der Waals surface area (Å²) in [6.45, 7) is -0.748. The Labute approximate surface area is 250 Å². The first-order valence-corrected chi connectivity index (χ1v) is 15.9. The second-order valence-electron chi connectivity index (χ2n) is 10.2. The Hall–Kier alpha value is -3.14. The molecule has 0 heterocycles. The normalized spacial score (nSPS) is 14.4. The number of benzene rings is 3. The number of amides is 2. The van der Waals surface area contributed by atoms with Crippen LogP contribution in [0.25, 0.3) is 0 Å². The maximum Gasteiger partial charge on any atom is 0.244 e. The number of rotatable bonds is 11. The molecule has 0 saturated heterocycles. The molecule has 7 nitrogen and oxygen atoms in total. The third-order valence-corrected chi connectivity index (χ3v) is 9.01. The van der Waals surface area contributed by atoms with Gasteiger partial charge in [-0.1, -0.05) is 72.4 Å². The smallest absolute Gasteiger partial charge is 0.244 e. The van der Waals surface area contributed by atoms with Gasteiger partial charge in [0.05, 0.1) is 11.9 Å². The van der Waals surface area contributed by atoms with E-state index < -0.39 is 34.3 Å². The van der Waals surface area contributed by atoms with Gasteiger partial charge in [0.15, 0.2) is 0 Å². The minimum Gasteiger partial charge on any atom is -0.352 e. The SMILES string of the molecule is CS(=O)(=O)N(CC(=O)N(Cc1c(Cl)cccc1Cl)[C@H](Cc1ccccc1)C(=O)NC1CCCC1)c1ccc(F)cc1. The van der Waals surface area contributed by atoms with E-state index in [0.717, 1.165) is 53.9 Å². The lowest BCUT2D eigenvalue weighted by Crippen LogP contribution is -2.54. The Morgan fingerprint density at radius 3 is 2.15 bits per heavy atom. The molecule has 3 aromatic rings. The first-order valence-electron chi connectivity index (χ1n) is 13.3. The number of hydrogen-bond donors (Lipinski definition) is 1.